The summed E-state index contributed by atoms with van der Waals surface area (Å²) in [6.45, 7) is 3.07. The lowest BCUT2D eigenvalue weighted by Crippen LogP contribution is -2.04. The van der Waals surface area contributed by atoms with Crippen LogP contribution in [0.3, 0.4) is 0 Å². The van der Waals surface area contributed by atoms with Crippen molar-refractivity contribution >= 4 is 11.4 Å². The van der Waals surface area contributed by atoms with E-state index >= 15 is 0 Å². The first kappa shape index (κ1) is 15.3. The first-order valence-corrected chi connectivity index (χ1v) is 5.89. The average Bonchev–Trinajstić information content (AvgIpc) is 2.55. The van der Waals surface area contributed by atoms with Crippen molar-refractivity contribution in [3.8, 4) is 11.4 Å². The van der Waals surface area contributed by atoms with Crippen LogP contribution in [0.4, 0.5) is 0 Å². The summed E-state index contributed by atoms with van der Waals surface area (Å²) in [5, 5.41) is 21.6. The van der Waals surface area contributed by atoms with E-state index in [-0.39, 0.29) is 0 Å². The van der Waals surface area contributed by atoms with E-state index in [1.54, 1.807) is 12.4 Å². The topological polar surface area (TPSA) is 91.0 Å². The van der Waals surface area contributed by atoms with E-state index in [1.165, 1.54) is 13.8 Å². The number of rotatable bonds is 2. The molecule has 6 heteroatoms. The lowest BCUT2D eigenvalue weighted by atomic mass is 10.2. The summed E-state index contributed by atoms with van der Waals surface area (Å²) in [5.41, 5.74) is 2.45. The Morgan fingerprint density at radius 3 is 1.45 bits per heavy atom. The Bertz CT molecular complexity index is 515. The third kappa shape index (κ3) is 4.85. The van der Waals surface area contributed by atoms with Crippen molar-refractivity contribution in [3.63, 3.8) is 0 Å². The molecule has 0 aromatic carbocycles. The van der Waals surface area contributed by atoms with Gasteiger partial charge < -0.3 is 10.4 Å². The lowest BCUT2D eigenvalue weighted by Gasteiger charge is -1.96. The second-order valence-corrected chi connectivity index (χ2v) is 3.80. The molecule has 2 N–H and O–H groups in total. The molecule has 104 valence electrons. The molecular weight excluding hydrogens is 256 g/mol. The Balaban J connectivity index is 0.000000221. The Morgan fingerprint density at radius 1 is 0.800 bits per heavy atom. The predicted octanol–water partition coefficient (Wildman–Crippen LogP) is 2.83. The highest BCUT2D eigenvalue weighted by atomic mass is 16.4. The minimum atomic E-state index is 0.313. The van der Waals surface area contributed by atoms with Crippen LogP contribution in [0.25, 0.3) is 11.4 Å². The maximum absolute atomic E-state index is 8.03. The number of nitrogens with zero attached hydrogens (tertiary/aromatic N) is 4. The van der Waals surface area contributed by atoms with Gasteiger partial charge in [0.2, 0.25) is 0 Å². The molecule has 0 aliphatic rings. The third-order valence-electron chi connectivity index (χ3n) is 2.42. The van der Waals surface area contributed by atoms with Gasteiger partial charge in [-0.25, -0.2) is 0 Å². The molecule has 2 rings (SSSR count). The predicted molar refractivity (Wildman–Crippen MR) is 77.3 cm³/mol. The third-order valence-corrected chi connectivity index (χ3v) is 2.42. The van der Waals surface area contributed by atoms with Crippen LogP contribution in [0.5, 0.6) is 0 Å². The number of hydrogen-bond donors (Lipinski definition) is 2. The van der Waals surface area contributed by atoms with E-state index in [1.807, 2.05) is 36.4 Å². The van der Waals surface area contributed by atoms with E-state index in [9.17, 15) is 0 Å². The van der Waals surface area contributed by atoms with Crippen molar-refractivity contribution in [2.75, 3.05) is 0 Å². The van der Waals surface area contributed by atoms with Crippen LogP contribution in [0.2, 0.25) is 0 Å². The maximum Gasteiger partial charge on any atom is 0.101 e. The summed E-state index contributed by atoms with van der Waals surface area (Å²) >= 11 is 0. The fraction of sp³-hybridized carbons (Fsp3) is 0.143. The number of oxime groups is 2. The number of hydrogen-bond acceptors (Lipinski definition) is 6. The summed E-state index contributed by atoms with van der Waals surface area (Å²) in [5.74, 6) is 0. The second kappa shape index (κ2) is 8.36. The van der Waals surface area contributed by atoms with Gasteiger partial charge in [0.25, 0.3) is 0 Å². The SMILES string of the molecule is CC(=N\O)/C(C)=N/O.c1ccc(-c2ccccn2)nc1. The molecule has 0 unspecified atom stereocenters. The van der Waals surface area contributed by atoms with Gasteiger partial charge in [0.15, 0.2) is 0 Å². The lowest BCUT2D eigenvalue weighted by molar-refractivity contribution is 0.313. The molecule has 0 saturated carbocycles. The monoisotopic (exact) mass is 272 g/mol. The zero-order chi connectivity index (χ0) is 14.8. The van der Waals surface area contributed by atoms with Crippen LogP contribution in [0, 0.1) is 0 Å². The Labute approximate surface area is 117 Å². The molecule has 2 aromatic heterocycles. The van der Waals surface area contributed by atoms with Gasteiger partial charge in [0, 0.05) is 12.4 Å². The van der Waals surface area contributed by atoms with Gasteiger partial charge in [-0.05, 0) is 38.1 Å². The minimum absolute atomic E-state index is 0.313. The molecule has 0 aliphatic heterocycles. The molecule has 6 nitrogen and oxygen atoms in total. The van der Waals surface area contributed by atoms with Crippen molar-refractivity contribution in [1.82, 2.24) is 9.97 Å². The Kier molecular flexibility index (Phi) is 6.40. The van der Waals surface area contributed by atoms with E-state index in [0.717, 1.165) is 11.4 Å². The van der Waals surface area contributed by atoms with E-state index in [4.69, 9.17) is 10.4 Å². The zero-order valence-electron chi connectivity index (χ0n) is 11.3. The first-order valence-electron chi connectivity index (χ1n) is 5.89. The Hall–Kier alpha value is -2.76. The molecule has 0 amide bonds. The smallest absolute Gasteiger partial charge is 0.101 e. The van der Waals surface area contributed by atoms with Crippen molar-refractivity contribution in [2.45, 2.75) is 13.8 Å². The fourth-order valence-corrected chi connectivity index (χ4v) is 1.17. The molecule has 0 radical (unpaired) electrons. The van der Waals surface area contributed by atoms with Gasteiger partial charge >= 0.3 is 0 Å². The quantitative estimate of drug-likeness (QED) is 0.499. The van der Waals surface area contributed by atoms with Crippen molar-refractivity contribution in [2.24, 2.45) is 10.3 Å². The fourth-order valence-electron chi connectivity index (χ4n) is 1.17. The van der Waals surface area contributed by atoms with E-state index in [2.05, 4.69) is 20.3 Å². The van der Waals surface area contributed by atoms with Crippen LogP contribution in [-0.4, -0.2) is 31.8 Å². The summed E-state index contributed by atoms with van der Waals surface area (Å²) in [4.78, 5) is 8.37. The van der Waals surface area contributed by atoms with Gasteiger partial charge in [-0.3, -0.25) is 9.97 Å². The van der Waals surface area contributed by atoms with E-state index in [0.29, 0.717) is 11.4 Å². The van der Waals surface area contributed by atoms with Gasteiger partial charge in [0.05, 0.1) is 11.4 Å². The highest BCUT2D eigenvalue weighted by Gasteiger charge is 1.95. The molecule has 0 fully saturated rings. The van der Waals surface area contributed by atoms with Gasteiger partial charge in [0.1, 0.15) is 11.4 Å². The first-order chi connectivity index (χ1) is 9.69. The van der Waals surface area contributed by atoms with Crippen LogP contribution < -0.4 is 0 Å². The Morgan fingerprint density at radius 2 is 1.20 bits per heavy atom. The van der Waals surface area contributed by atoms with Crippen molar-refractivity contribution in [1.29, 1.82) is 0 Å². The standard InChI is InChI=1S/C10H8N2.C4H8N2O2/c1-3-7-11-9(5-1)10-6-2-4-8-12-10;1-3(5-7)4(2)6-8/h1-8H;7-8H,1-2H3/b;5-3+,6-4+. The van der Waals surface area contributed by atoms with Crippen molar-refractivity contribution in [3.05, 3.63) is 48.8 Å². The summed E-state index contributed by atoms with van der Waals surface area (Å²) in [7, 11) is 0. The second-order valence-electron chi connectivity index (χ2n) is 3.80. The molecule has 0 saturated heterocycles. The molecule has 20 heavy (non-hydrogen) atoms. The normalized spacial score (nSPS) is 11.5. The van der Waals surface area contributed by atoms with Crippen LogP contribution >= 0.6 is 0 Å². The summed E-state index contributed by atoms with van der Waals surface area (Å²) in [6, 6.07) is 11.6. The van der Waals surface area contributed by atoms with E-state index < -0.39 is 0 Å². The highest BCUT2D eigenvalue weighted by molar-refractivity contribution is 6.40. The van der Waals surface area contributed by atoms with Gasteiger partial charge in [-0.2, -0.15) is 0 Å². The maximum atomic E-state index is 8.03. The van der Waals surface area contributed by atoms with Gasteiger partial charge in [-0.15, -0.1) is 0 Å². The summed E-state index contributed by atoms with van der Waals surface area (Å²) < 4.78 is 0. The van der Waals surface area contributed by atoms with Gasteiger partial charge in [-0.1, -0.05) is 22.4 Å². The highest BCUT2D eigenvalue weighted by Crippen LogP contribution is 2.10. The molecule has 0 bridgehead atoms. The minimum Gasteiger partial charge on any atom is -0.411 e. The van der Waals surface area contributed by atoms with Crippen molar-refractivity contribution < 1.29 is 10.4 Å². The number of aromatic nitrogens is 2. The average molecular weight is 272 g/mol. The molecule has 2 heterocycles. The molecule has 0 atom stereocenters. The molecule has 0 aliphatic carbocycles. The largest absolute Gasteiger partial charge is 0.411 e. The molecule has 0 spiro atoms. The molecule has 2 aromatic rings. The zero-order valence-corrected chi connectivity index (χ0v) is 11.3. The van der Waals surface area contributed by atoms with Crippen LogP contribution in [0.1, 0.15) is 13.8 Å². The number of pyridine rings is 2. The van der Waals surface area contributed by atoms with Crippen LogP contribution in [-0.2, 0) is 0 Å². The summed E-state index contributed by atoms with van der Waals surface area (Å²) in [6.07, 6.45) is 3.54. The molecular formula is C14H16N4O2. The van der Waals surface area contributed by atoms with Crippen LogP contribution in [0.15, 0.2) is 59.1 Å².